The van der Waals surface area contributed by atoms with Crippen LogP contribution in [0.15, 0.2) is 11.6 Å². The topological polar surface area (TPSA) is 72.5 Å². The second-order valence-corrected chi connectivity index (χ2v) is 2.54. The molecule has 0 bridgehead atoms. The summed E-state index contributed by atoms with van der Waals surface area (Å²) < 4.78 is 4.46. The third-order valence-corrected chi connectivity index (χ3v) is 1.71. The van der Waals surface area contributed by atoms with Gasteiger partial charge in [0.1, 0.15) is 0 Å². The zero-order valence-corrected chi connectivity index (χ0v) is 6.28. The largest absolute Gasteiger partial charge is 0.466 e. The molecule has 0 unspecified atom stereocenters. The number of ether oxygens (including phenoxy) is 1. The van der Waals surface area contributed by atoms with Crippen molar-refractivity contribution >= 4 is 5.97 Å². The molecule has 4 nitrogen and oxygen atoms in total. The Morgan fingerprint density at radius 2 is 2.55 bits per heavy atom. The second-order valence-electron chi connectivity index (χ2n) is 2.54. The van der Waals surface area contributed by atoms with Crippen molar-refractivity contribution < 1.29 is 14.6 Å². The Balaban J connectivity index is 2.63. The van der Waals surface area contributed by atoms with E-state index in [4.69, 9.17) is 10.8 Å². The molecular weight excluding hydrogens is 146 g/mol. The summed E-state index contributed by atoms with van der Waals surface area (Å²) in [4.78, 5) is 10.8. The minimum Gasteiger partial charge on any atom is -0.466 e. The highest BCUT2D eigenvalue weighted by Gasteiger charge is 2.26. The van der Waals surface area contributed by atoms with E-state index in [-0.39, 0.29) is 6.04 Å². The van der Waals surface area contributed by atoms with Gasteiger partial charge >= 0.3 is 5.97 Å². The Bertz CT molecular complexity index is 200. The van der Waals surface area contributed by atoms with E-state index >= 15 is 0 Å². The molecule has 1 aliphatic carbocycles. The monoisotopic (exact) mass is 157 g/mol. The number of nitrogens with two attached hydrogens (primary N) is 1. The van der Waals surface area contributed by atoms with E-state index in [1.807, 2.05) is 0 Å². The quantitative estimate of drug-likeness (QED) is 0.488. The smallest absolute Gasteiger partial charge is 0.333 e. The highest BCUT2D eigenvalue weighted by Crippen LogP contribution is 2.18. The van der Waals surface area contributed by atoms with Crippen molar-refractivity contribution in [1.82, 2.24) is 0 Å². The molecule has 0 fully saturated rings. The van der Waals surface area contributed by atoms with Crippen molar-refractivity contribution in [2.45, 2.75) is 18.6 Å². The number of carbonyl (C=O) groups excluding carboxylic acids is 1. The second kappa shape index (κ2) is 3.02. The van der Waals surface area contributed by atoms with Gasteiger partial charge in [-0.1, -0.05) is 0 Å². The predicted octanol–water partition coefficient (Wildman–Crippen LogP) is -0.822. The zero-order chi connectivity index (χ0) is 8.43. The number of hydrogen-bond acceptors (Lipinski definition) is 4. The van der Waals surface area contributed by atoms with Gasteiger partial charge in [0.15, 0.2) is 0 Å². The number of aliphatic hydroxyl groups excluding tert-OH is 1. The van der Waals surface area contributed by atoms with Crippen LogP contribution in [0.1, 0.15) is 6.42 Å². The zero-order valence-electron chi connectivity index (χ0n) is 6.28. The first-order valence-electron chi connectivity index (χ1n) is 3.38. The summed E-state index contributed by atoms with van der Waals surface area (Å²) in [6.45, 7) is 0. The molecule has 62 valence electrons. The van der Waals surface area contributed by atoms with E-state index in [9.17, 15) is 4.79 Å². The van der Waals surface area contributed by atoms with Gasteiger partial charge in [0, 0.05) is 11.6 Å². The SMILES string of the molecule is COC(=O)C1=C[C@H](O)[C@H](N)C1. The molecule has 0 spiro atoms. The van der Waals surface area contributed by atoms with E-state index in [2.05, 4.69) is 4.74 Å². The first-order chi connectivity index (χ1) is 5.15. The molecule has 0 saturated carbocycles. The third kappa shape index (κ3) is 1.58. The summed E-state index contributed by atoms with van der Waals surface area (Å²) in [5.74, 6) is -0.406. The maximum Gasteiger partial charge on any atom is 0.333 e. The lowest BCUT2D eigenvalue weighted by molar-refractivity contribution is -0.136. The number of aliphatic hydroxyl groups is 1. The Hall–Kier alpha value is -0.870. The normalized spacial score (nSPS) is 29.9. The highest BCUT2D eigenvalue weighted by atomic mass is 16.5. The number of esters is 1. The molecule has 1 aliphatic rings. The van der Waals surface area contributed by atoms with Crippen molar-refractivity contribution in [3.05, 3.63) is 11.6 Å². The molecule has 0 radical (unpaired) electrons. The van der Waals surface area contributed by atoms with Crippen molar-refractivity contribution in [2.24, 2.45) is 5.73 Å². The van der Waals surface area contributed by atoms with Crippen LogP contribution >= 0.6 is 0 Å². The van der Waals surface area contributed by atoms with Crippen LogP contribution in [0.2, 0.25) is 0 Å². The van der Waals surface area contributed by atoms with Gasteiger partial charge in [0.05, 0.1) is 13.2 Å². The van der Waals surface area contributed by atoms with Crippen LogP contribution in [0.3, 0.4) is 0 Å². The average molecular weight is 157 g/mol. The number of carbonyl (C=O) groups is 1. The predicted molar refractivity (Wildman–Crippen MR) is 38.7 cm³/mol. The van der Waals surface area contributed by atoms with Crippen molar-refractivity contribution in [3.63, 3.8) is 0 Å². The summed E-state index contributed by atoms with van der Waals surface area (Å²) in [5, 5.41) is 9.10. The van der Waals surface area contributed by atoms with Gasteiger partial charge in [-0.15, -0.1) is 0 Å². The molecule has 0 saturated heterocycles. The van der Waals surface area contributed by atoms with Gasteiger partial charge < -0.3 is 15.6 Å². The Kier molecular flexibility index (Phi) is 2.26. The maximum absolute atomic E-state index is 10.8. The van der Waals surface area contributed by atoms with E-state index in [0.29, 0.717) is 12.0 Å². The summed E-state index contributed by atoms with van der Waals surface area (Å²) >= 11 is 0. The fourth-order valence-electron chi connectivity index (χ4n) is 1.05. The third-order valence-electron chi connectivity index (χ3n) is 1.71. The number of rotatable bonds is 1. The van der Waals surface area contributed by atoms with Crippen LogP contribution in [0.25, 0.3) is 0 Å². The Morgan fingerprint density at radius 3 is 2.91 bits per heavy atom. The summed E-state index contributed by atoms with van der Waals surface area (Å²) in [6, 6.07) is -0.357. The average Bonchev–Trinajstić information content (AvgIpc) is 2.31. The molecule has 0 heterocycles. The van der Waals surface area contributed by atoms with Crippen LogP contribution in [0, 0.1) is 0 Å². The van der Waals surface area contributed by atoms with Gasteiger partial charge in [-0.3, -0.25) is 0 Å². The minimum atomic E-state index is -0.705. The molecule has 11 heavy (non-hydrogen) atoms. The maximum atomic E-state index is 10.8. The molecule has 0 aliphatic heterocycles. The van der Waals surface area contributed by atoms with Crippen LogP contribution in [-0.2, 0) is 9.53 Å². The van der Waals surface area contributed by atoms with Gasteiger partial charge in [-0.05, 0) is 12.5 Å². The number of hydrogen-bond donors (Lipinski definition) is 2. The Labute approximate surface area is 64.6 Å². The van der Waals surface area contributed by atoms with Crippen LogP contribution in [0.4, 0.5) is 0 Å². The van der Waals surface area contributed by atoms with Gasteiger partial charge in [-0.2, -0.15) is 0 Å². The highest BCUT2D eigenvalue weighted by molar-refractivity contribution is 5.89. The molecule has 0 amide bonds. The molecule has 0 aromatic rings. The van der Waals surface area contributed by atoms with Gasteiger partial charge in [0.2, 0.25) is 0 Å². The first-order valence-corrected chi connectivity index (χ1v) is 3.38. The van der Waals surface area contributed by atoms with Crippen LogP contribution in [-0.4, -0.2) is 30.3 Å². The lowest BCUT2D eigenvalue weighted by Crippen LogP contribution is -2.29. The van der Waals surface area contributed by atoms with E-state index in [1.165, 1.54) is 13.2 Å². The van der Waals surface area contributed by atoms with E-state index in [0.717, 1.165) is 0 Å². The first kappa shape index (κ1) is 8.23. The Morgan fingerprint density at radius 1 is 1.91 bits per heavy atom. The molecular formula is C7H11NO3. The van der Waals surface area contributed by atoms with E-state index in [1.54, 1.807) is 0 Å². The summed E-state index contributed by atoms with van der Waals surface area (Å²) in [7, 11) is 1.30. The van der Waals surface area contributed by atoms with E-state index < -0.39 is 12.1 Å². The molecule has 4 heteroatoms. The van der Waals surface area contributed by atoms with Crippen LogP contribution in [0.5, 0.6) is 0 Å². The molecule has 2 atom stereocenters. The van der Waals surface area contributed by atoms with Gasteiger partial charge in [0.25, 0.3) is 0 Å². The van der Waals surface area contributed by atoms with Crippen molar-refractivity contribution in [2.75, 3.05) is 7.11 Å². The molecule has 0 aromatic carbocycles. The molecule has 0 aromatic heterocycles. The lowest BCUT2D eigenvalue weighted by atomic mass is 10.2. The number of methoxy groups -OCH3 is 1. The van der Waals surface area contributed by atoms with Gasteiger partial charge in [-0.25, -0.2) is 4.79 Å². The fourth-order valence-corrected chi connectivity index (χ4v) is 1.05. The standard InChI is InChI=1S/C7H11NO3/c1-11-7(10)4-2-5(8)6(9)3-4/h3,5-6,9H,2,8H2,1H3/t5-,6+/m1/s1. The van der Waals surface area contributed by atoms with Crippen molar-refractivity contribution in [1.29, 1.82) is 0 Å². The molecule has 3 N–H and O–H groups in total. The van der Waals surface area contributed by atoms with Crippen LogP contribution < -0.4 is 5.73 Å². The van der Waals surface area contributed by atoms with Crippen molar-refractivity contribution in [3.8, 4) is 0 Å². The fraction of sp³-hybridized carbons (Fsp3) is 0.571. The summed E-state index contributed by atoms with van der Waals surface area (Å²) in [5.41, 5.74) is 5.92. The molecule has 1 rings (SSSR count). The lowest BCUT2D eigenvalue weighted by Gasteiger charge is -2.05. The minimum absolute atomic E-state index is 0.357. The summed E-state index contributed by atoms with van der Waals surface area (Å²) in [6.07, 6.45) is 1.13.